The number of benzene rings is 4. The van der Waals surface area contributed by atoms with Gasteiger partial charge in [-0.3, -0.25) is 4.90 Å². The van der Waals surface area contributed by atoms with Crippen LogP contribution >= 0.6 is 0 Å². The van der Waals surface area contributed by atoms with Crippen molar-refractivity contribution in [1.29, 1.82) is 0 Å². The Morgan fingerprint density at radius 2 is 1.10 bits per heavy atom. The topological polar surface area (TPSA) is 191 Å². The van der Waals surface area contributed by atoms with E-state index in [2.05, 4.69) is 24.3 Å². The van der Waals surface area contributed by atoms with Crippen LogP contribution in [0.25, 0.3) is 11.1 Å². The lowest BCUT2D eigenvalue weighted by atomic mass is 9.94. The maximum absolute atomic E-state index is 13.4. The van der Waals surface area contributed by atoms with E-state index in [4.69, 9.17) is 23.7 Å². The molecule has 14 heteroatoms. The van der Waals surface area contributed by atoms with Gasteiger partial charge in [-0.15, -0.1) is 0 Å². The van der Waals surface area contributed by atoms with E-state index in [1.807, 2.05) is 60.7 Å². The first-order valence-electron chi connectivity index (χ1n) is 21.2. The van der Waals surface area contributed by atoms with Crippen molar-refractivity contribution in [1.82, 2.24) is 9.80 Å². The van der Waals surface area contributed by atoms with E-state index in [1.165, 1.54) is 0 Å². The van der Waals surface area contributed by atoms with Crippen molar-refractivity contribution in [2.75, 3.05) is 52.5 Å². The zero-order chi connectivity index (χ0) is 42.5. The molecule has 0 aromatic heterocycles. The zero-order valence-corrected chi connectivity index (χ0v) is 33.9. The second kappa shape index (κ2) is 19.8. The van der Waals surface area contributed by atoms with Crippen LogP contribution in [0, 0.1) is 5.92 Å². The summed E-state index contributed by atoms with van der Waals surface area (Å²) in [6.07, 6.45) is -11.7. The Morgan fingerprint density at radius 1 is 0.656 bits per heavy atom. The number of amides is 1. The number of aliphatic hydroxyl groups excluding tert-OH is 6. The first kappa shape index (κ1) is 43.4. The molecule has 1 amide bonds. The molecule has 0 radical (unpaired) electrons. The van der Waals surface area contributed by atoms with Gasteiger partial charge in [0.05, 0.1) is 25.4 Å². The number of hydrogen-bond acceptors (Lipinski definition) is 13. The van der Waals surface area contributed by atoms with E-state index in [0.717, 1.165) is 22.3 Å². The molecule has 10 atom stereocenters. The molecule has 4 aliphatic rings. The number of piperidine rings is 1. The monoisotopic (exact) mass is 840 g/mol. The predicted octanol–water partition coefficient (Wildman–Crippen LogP) is 3.34. The lowest BCUT2D eigenvalue weighted by Crippen LogP contribution is -2.56. The molecule has 3 heterocycles. The SMILES string of the molecule is O=C(OCC1c2ccccc2-c2ccccc21)N1CCC(CN(C[C@H](O)[C@@H](O)[C@@H]2OC(c3ccccc3)OC[C@H]2O)C[C@H](O)[C@@H](O)[C@@H]2OC(c3ccccc3)OC[C@H]2O)CC1. The van der Waals surface area contributed by atoms with Crippen molar-refractivity contribution in [2.45, 2.75) is 80.2 Å². The first-order valence-corrected chi connectivity index (χ1v) is 21.2. The third kappa shape index (κ3) is 10.0. The van der Waals surface area contributed by atoms with Gasteiger partial charge in [0.1, 0.15) is 43.2 Å². The molecule has 2 unspecified atom stereocenters. The molecular formula is C47H56N2O12. The molecule has 326 valence electrons. The zero-order valence-electron chi connectivity index (χ0n) is 33.9. The fourth-order valence-corrected chi connectivity index (χ4v) is 9.05. The van der Waals surface area contributed by atoms with E-state index in [1.54, 1.807) is 34.1 Å². The van der Waals surface area contributed by atoms with E-state index < -0.39 is 61.4 Å². The average molecular weight is 841 g/mol. The minimum atomic E-state index is -1.54. The lowest BCUT2D eigenvalue weighted by Gasteiger charge is -2.41. The molecule has 61 heavy (non-hydrogen) atoms. The Bertz CT molecular complexity index is 1900. The number of carbonyl (C=O) groups excluding carboxylic acids is 1. The second-order valence-electron chi connectivity index (χ2n) is 16.6. The Hall–Kier alpha value is -4.29. The summed E-state index contributed by atoms with van der Waals surface area (Å²) in [5.41, 5.74) is 5.96. The number of fused-ring (bicyclic) bond motifs is 3. The molecule has 0 bridgehead atoms. The number of nitrogens with zero attached hydrogens (tertiary/aromatic N) is 2. The highest BCUT2D eigenvalue weighted by Crippen LogP contribution is 2.44. The number of rotatable bonds is 14. The van der Waals surface area contributed by atoms with E-state index in [9.17, 15) is 35.4 Å². The summed E-state index contributed by atoms with van der Waals surface area (Å²) in [5.74, 6) is -0.0502. The normalized spacial score (nSPS) is 26.6. The van der Waals surface area contributed by atoms with Crippen molar-refractivity contribution < 1.29 is 59.1 Å². The van der Waals surface area contributed by atoms with Gasteiger partial charge in [0.2, 0.25) is 0 Å². The number of aliphatic hydroxyl groups is 6. The summed E-state index contributed by atoms with van der Waals surface area (Å²) in [5, 5.41) is 67.5. The van der Waals surface area contributed by atoms with Crippen LogP contribution in [0.4, 0.5) is 4.79 Å². The number of carbonyl (C=O) groups is 1. The fourth-order valence-electron chi connectivity index (χ4n) is 9.05. The highest BCUT2D eigenvalue weighted by Gasteiger charge is 2.43. The molecule has 3 aliphatic heterocycles. The van der Waals surface area contributed by atoms with Gasteiger partial charge in [-0.1, -0.05) is 109 Å². The summed E-state index contributed by atoms with van der Waals surface area (Å²) >= 11 is 0. The smallest absolute Gasteiger partial charge is 0.409 e. The van der Waals surface area contributed by atoms with Crippen LogP contribution in [0.15, 0.2) is 109 Å². The second-order valence-corrected chi connectivity index (χ2v) is 16.6. The molecule has 8 rings (SSSR count). The molecular weight excluding hydrogens is 785 g/mol. The molecule has 3 fully saturated rings. The van der Waals surface area contributed by atoms with Gasteiger partial charge in [0.25, 0.3) is 0 Å². The molecule has 0 spiro atoms. The minimum absolute atomic E-state index is 0.00563. The van der Waals surface area contributed by atoms with Crippen LogP contribution in [0.3, 0.4) is 0 Å². The fraction of sp³-hybridized carbons (Fsp3) is 0.468. The summed E-state index contributed by atoms with van der Waals surface area (Å²) in [6.45, 7) is 0.838. The van der Waals surface area contributed by atoms with Crippen LogP contribution in [0.5, 0.6) is 0 Å². The quantitative estimate of drug-likeness (QED) is 0.109. The first-order chi connectivity index (χ1) is 29.6. The highest BCUT2D eigenvalue weighted by atomic mass is 16.7. The van der Waals surface area contributed by atoms with Crippen LogP contribution in [-0.2, 0) is 23.7 Å². The third-order valence-electron chi connectivity index (χ3n) is 12.4. The van der Waals surface area contributed by atoms with Gasteiger partial charge >= 0.3 is 6.09 Å². The largest absolute Gasteiger partial charge is 0.448 e. The van der Waals surface area contributed by atoms with Crippen LogP contribution < -0.4 is 0 Å². The predicted molar refractivity (Wildman–Crippen MR) is 222 cm³/mol. The number of ether oxygens (including phenoxy) is 5. The molecule has 3 saturated heterocycles. The molecule has 1 aliphatic carbocycles. The minimum Gasteiger partial charge on any atom is -0.448 e. The summed E-state index contributed by atoms with van der Waals surface area (Å²) in [7, 11) is 0. The molecule has 0 saturated carbocycles. The Balaban J connectivity index is 0.909. The molecule has 6 N–H and O–H groups in total. The van der Waals surface area contributed by atoms with E-state index in [0.29, 0.717) is 43.6 Å². The van der Waals surface area contributed by atoms with Crippen molar-refractivity contribution in [3.63, 3.8) is 0 Å². The van der Waals surface area contributed by atoms with E-state index in [-0.39, 0.29) is 50.8 Å². The summed E-state index contributed by atoms with van der Waals surface area (Å²) in [4.78, 5) is 16.9. The van der Waals surface area contributed by atoms with Gasteiger partial charge in [-0.2, -0.15) is 0 Å². The molecule has 4 aromatic rings. The van der Waals surface area contributed by atoms with Crippen LogP contribution in [0.2, 0.25) is 0 Å². The lowest BCUT2D eigenvalue weighted by molar-refractivity contribution is -0.285. The van der Waals surface area contributed by atoms with Gasteiger partial charge < -0.3 is 59.2 Å². The summed E-state index contributed by atoms with van der Waals surface area (Å²) in [6, 6.07) is 34.6. The molecule has 14 nitrogen and oxygen atoms in total. The van der Waals surface area contributed by atoms with E-state index >= 15 is 0 Å². The number of likely N-dealkylation sites (tertiary alicyclic amines) is 1. The van der Waals surface area contributed by atoms with Crippen LogP contribution in [0.1, 0.15) is 53.6 Å². The van der Waals surface area contributed by atoms with Gasteiger partial charge in [0, 0.05) is 49.8 Å². The Kier molecular flexibility index (Phi) is 14.1. The average Bonchev–Trinajstić information content (AvgIpc) is 3.62. The Morgan fingerprint density at radius 3 is 1.57 bits per heavy atom. The van der Waals surface area contributed by atoms with Gasteiger partial charge in [-0.05, 0) is 41.0 Å². The van der Waals surface area contributed by atoms with Gasteiger partial charge in [-0.25, -0.2) is 4.79 Å². The maximum Gasteiger partial charge on any atom is 0.409 e. The number of hydrogen-bond donors (Lipinski definition) is 6. The van der Waals surface area contributed by atoms with Crippen molar-refractivity contribution in [3.05, 3.63) is 131 Å². The van der Waals surface area contributed by atoms with Gasteiger partial charge in [0.15, 0.2) is 12.6 Å². The van der Waals surface area contributed by atoms with Crippen molar-refractivity contribution in [2.24, 2.45) is 5.92 Å². The van der Waals surface area contributed by atoms with Crippen molar-refractivity contribution in [3.8, 4) is 11.1 Å². The standard InChI is InChI=1S/C47H56N2O12/c50-37(41(54)43-39(52)27-57-45(60-43)30-11-3-1-4-12-30)24-48(25-38(51)42(55)44-40(53)28-58-46(61-44)31-13-5-2-6-14-31)23-29-19-21-49(22-20-29)47(56)59-26-36-34-17-9-7-15-32(34)33-16-8-10-18-35(33)36/h1-18,29,36-46,50-55H,19-28H2/t37-,38-,39+,40+,41+,42+,43+,44+,45?,46?/m0/s1. The maximum atomic E-state index is 13.4. The third-order valence-corrected chi connectivity index (χ3v) is 12.4. The molecule has 4 aromatic carbocycles. The highest BCUT2D eigenvalue weighted by molar-refractivity contribution is 5.79. The summed E-state index contributed by atoms with van der Waals surface area (Å²) < 4.78 is 29.3. The Labute approximate surface area is 355 Å². The van der Waals surface area contributed by atoms with Crippen LogP contribution in [-0.4, -0.2) is 148 Å². The van der Waals surface area contributed by atoms with Crippen molar-refractivity contribution >= 4 is 6.09 Å².